The van der Waals surface area contributed by atoms with Crippen molar-refractivity contribution in [2.45, 2.75) is 135 Å². The molecular formula is C45H60P2. The van der Waals surface area contributed by atoms with Gasteiger partial charge in [-0.25, -0.2) is 0 Å². The van der Waals surface area contributed by atoms with Crippen molar-refractivity contribution in [3.8, 4) is 0 Å². The molecule has 0 aromatic heterocycles. The Labute approximate surface area is 290 Å². The average Bonchev–Trinajstić information content (AvgIpc) is 3.60. The van der Waals surface area contributed by atoms with Crippen molar-refractivity contribution in [3.63, 3.8) is 0 Å². The second kappa shape index (κ2) is 18.5. The van der Waals surface area contributed by atoms with E-state index in [2.05, 4.69) is 125 Å². The minimum atomic E-state index is -0.579. The van der Waals surface area contributed by atoms with Crippen LogP contribution >= 0.6 is 15.8 Å². The number of hydrogen-bond donors (Lipinski definition) is 0. The highest BCUT2D eigenvalue weighted by molar-refractivity contribution is 7.91. The van der Waals surface area contributed by atoms with E-state index >= 15 is 0 Å². The summed E-state index contributed by atoms with van der Waals surface area (Å²) in [4.78, 5) is 0.233. The Bertz CT molecular complexity index is 1230. The molecule has 4 aromatic carbocycles. The average molecular weight is 663 g/mol. The fourth-order valence-corrected chi connectivity index (χ4v) is 15.5. The van der Waals surface area contributed by atoms with Crippen LogP contribution in [0.5, 0.6) is 0 Å². The van der Waals surface area contributed by atoms with Gasteiger partial charge in [-0.1, -0.05) is 163 Å². The number of aryl methyl sites for hydroxylation is 4. The van der Waals surface area contributed by atoms with Crippen LogP contribution in [0.3, 0.4) is 0 Å². The summed E-state index contributed by atoms with van der Waals surface area (Å²) >= 11 is 0. The lowest BCUT2D eigenvalue weighted by Gasteiger charge is -2.46. The van der Waals surface area contributed by atoms with Gasteiger partial charge in [0.05, 0.1) is 0 Å². The van der Waals surface area contributed by atoms with Gasteiger partial charge in [-0.05, 0) is 124 Å². The maximum atomic E-state index is 2.54. The smallest absolute Gasteiger partial charge is 0.0267 e. The van der Waals surface area contributed by atoms with E-state index in [9.17, 15) is 0 Å². The first-order valence-corrected chi connectivity index (χ1v) is 21.8. The molecule has 0 atom stereocenters. The number of rotatable bonds is 18. The van der Waals surface area contributed by atoms with Gasteiger partial charge in [0, 0.05) is 4.90 Å². The Kier molecular flexibility index (Phi) is 14.2. The lowest BCUT2D eigenvalue weighted by Crippen LogP contribution is -2.37. The fourth-order valence-electron chi connectivity index (χ4n) is 7.52. The molecule has 0 radical (unpaired) electrons. The van der Waals surface area contributed by atoms with Crippen LogP contribution in [-0.2, 0) is 25.7 Å². The monoisotopic (exact) mass is 662 g/mol. The summed E-state index contributed by atoms with van der Waals surface area (Å²) < 4.78 is 0. The Hall–Kier alpha value is -2.26. The molecule has 1 fully saturated rings. The van der Waals surface area contributed by atoms with Crippen molar-refractivity contribution in [3.05, 3.63) is 119 Å². The summed E-state index contributed by atoms with van der Waals surface area (Å²) in [6.45, 7) is 9.21. The summed E-state index contributed by atoms with van der Waals surface area (Å²) in [7, 11) is -1.16. The molecule has 0 aliphatic heterocycles. The van der Waals surface area contributed by atoms with Crippen LogP contribution in [0.15, 0.2) is 97.1 Å². The van der Waals surface area contributed by atoms with E-state index in [4.69, 9.17) is 0 Å². The van der Waals surface area contributed by atoms with Crippen molar-refractivity contribution < 1.29 is 0 Å². The Balaban J connectivity index is 1.65. The largest absolute Gasteiger partial charge is 0.0654 e. The van der Waals surface area contributed by atoms with Crippen LogP contribution < -0.4 is 21.2 Å². The zero-order chi connectivity index (χ0) is 32.9. The van der Waals surface area contributed by atoms with Crippen LogP contribution in [-0.4, -0.2) is 4.90 Å². The first kappa shape index (κ1) is 36.0. The lowest BCUT2D eigenvalue weighted by atomic mass is 10.1. The number of unbranched alkanes of at least 4 members (excludes halogenated alkanes) is 4. The van der Waals surface area contributed by atoms with E-state index < -0.39 is 15.8 Å². The van der Waals surface area contributed by atoms with Crippen molar-refractivity contribution in [2.24, 2.45) is 0 Å². The highest BCUT2D eigenvalue weighted by atomic mass is 31.2. The quantitative estimate of drug-likeness (QED) is 0.0930. The summed E-state index contributed by atoms with van der Waals surface area (Å²) in [5, 5.41) is 6.32. The number of benzene rings is 4. The van der Waals surface area contributed by atoms with Crippen molar-refractivity contribution in [2.75, 3.05) is 0 Å². The molecule has 0 unspecified atom stereocenters. The van der Waals surface area contributed by atoms with Gasteiger partial charge in [-0.15, -0.1) is 0 Å². The molecule has 0 bridgehead atoms. The highest BCUT2D eigenvalue weighted by Crippen LogP contribution is 2.71. The molecule has 0 heterocycles. The van der Waals surface area contributed by atoms with Crippen LogP contribution in [0, 0.1) is 0 Å². The molecule has 0 saturated heterocycles. The van der Waals surface area contributed by atoms with Gasteiger partial charge in [0.15, 0.2) is 0 Å². The van der Waals surface area contributed by atoms with Gasteiger partial charge < -0.3 is 0 Å². The van der Waals surface area contributed by atoms with Crippen molar-refractivity contribution in [1.82, 2.24) is 0 Å². The maximum absolute atomic E-state index is 2.54. The van der Waals surface area contributed by atoms with Crippen LogP contribution in [0.1, 0.15) is 127 Å². The van der Waals surface area contributed by atoms with Gasteiger partial charge in [0.2, 0.25) is 0 Å². The fraction of sp³-hybridized carbons (Fsp3) is 0.467. The molecule has 250 valence electrons. The first-order valence-electron chi connectivity index (χ1n) is 19.1. The zero-order valence-electron chi connectivity index (χ0n) is 29.9. The standard InChI is InChI=1S/C45H60P2/c1-5-9-15-37-19-27-41(28-20-37)46(42-29-21-38(22-30-42)16-10-6-2)45(35-13-14-36-45)47(43-31-23-39(24-32-43)17-11-7-3)44-33-25-40(26-34-44)18-12-8-4/h19-34H,5-18,35-36H2,1-4H3. The minimum absolute atomic E-state index is 0.233. The molecular weight excluding hydrogens is 602 g/mol. The molecule has 47 heavy (non-hydrogen) atoms. The molecule has 0 nitrogen and oxygen atoms in total. The Morgan fingerprint density at radius 2 is 0.617 bits per heavy atom. The molecule has 0 spiro atoms. The van der Waals surface area contributed by atoms with Gasteiger partial charge in [0.1, 0.15) is 0 Å². The van der Waals surface area contributed by atoms with E-state index in [0.717, 1.165) is 0 Å². The van der Waals surface area contributed by atoms with Gasteiger partial charge in [-0.3, -0.25) is 0 Å². The summed E-state index contributed by atoms with van der Waals surface area (Å²) in [5.74, 6) is 0. The van der Waals surface area contributed by atoms with Gasteiger partial charge >= 0.3 is 0 Å². The normalized spacial score (nSPS) is 14.3. The first-order chi connectivity index (χ1) is 23.1. The Morgan fingerprint density at radius 3 is 0.830 bits per heavy atom. The summed E-state index contributed by atoms with van der Waals surface area (Å²) in [6, 6.07) is 40.0. The third kappa shape index (κ3) is 9.26. The second-order valence-electron chi connectivity index (χ2n) is 13.9. The molecule has 2 heteroatoms. The molecule has 0 amide bonds. The van der Waals surface area contributed by atoms with E-state index in [1.807, 2.05) is 0 Å². The SMILES string of the molecule is CCCCc1ccc(P(c2ccc(CCCC)cc2)C2(P(c3ccc(CCCC)cc3)c3ccc(CCCC)cc3)CCCC2)cc1. The molecule has 5 rings (SSSR count). The Morgan fingerprint density at radius 1 is 0.383 bits per heavy atom. The van der Waals surface area contributed by atoms with E-state index in [1.54, 1.807) is 21.2 Å². The third-order valence-electron chi connectivity index (χ3n) is 10.3. The lowest BCUT2D eigenvalue weighted by molar-refractivity contribution is 0.795. The molecule has 1 saturated carbocycles. The summed E-state index contributed by atoms with van der Waals surface area (Å²) in [6.07, 6.45) is 20.1. The zero-order valence-corrected chi connectivity index (χ0v) is 31.7. The predicted molar refractivity (Wildman–Crippen MR) is 214 cm³/mol. The van der Waals surface area contributed by atoms with Crippen molar-refractivity contribution >= 4 is 37.1 Å². The molecule has 4 aromatic rings. The van der Waals surface area contributed by atoms with E-state index in [-0.39, 0.29) is 4.90 Å². The third-order valence-corrected chi connectivity index (χ3v) is 17.3. The minimum Gasteiger partial charge on any atom is -0.0654 e. The van der Waals surface area contributed by atoms with Crippen LogP contribution in [0.4, 0.5) is 0 Å². The van der Waals surface area contributed by atoms with E-state index in [1.165, 1.54) is 125 Å². The van der Waals surface area contributed by atoms with E-state index in [0.29, 0.717) is 0 Å². The topological polar surface area (TPSA) is 0 Å². The molecule has 1 aliphatic carbocycles. The molecule has 1 aliphatic rings. The summed E-state index contributed by atoms with van der Waals surface area (Å²) in [5.41, 5.74) is 5.98. The number of hydrogen-bond acceptors (Lipinski definition) is 0. The van der Waals surface area contributed by atoms with Crippen LogP contribution in [0.25, 0.3) is 0 Å². The predicted octanol–water partition coefficient (Wildman–Crippen LogP) is 11.9. The van der Waals surface area contributed by atoms with Gasteiger partial charge in [0.25, 0.3) is 0 Å². The molecule has 0 N–H and O–H groups in total. The van der Waals surface area contributed by atoms with Crippen molar-refractivity contribution in [1.29, 1.82) is 0 Å². The highest BCUT2D eigenvalue weighted by Gasteiger charge is 2.49. The second-order valence-corrected chi connectivity index (χ2v) is 19.4. The maximum Gasteiger partial charge on any atom is 0.0267 e. The van der Waals surface area contributed by atoms with Gasteiger partial charge in [-0.2, -0.15) is 0 Å². The van der Waals surface area contributed by atoms with Crippen LogP contribution in [0.2, 0.25) is 0 Å².